The average molecular weight is 246 g/mol. The van der Waals surface area contributed by atoms with Gasteiger partial charge in [-0.15, -0.1) is 0 Å². The second-order valence-corrected chi connectivity index (χ2v) is 4.65. The molecule has 96 valence electrons. The number of piperazine rings is 1. The molecule has 0 aromatic carbocycles. The van der Waals surface area contributed by atoms with Crippen LogP contribution in [0.2, 0.25) is 0 Å². The largest absolute Gasteiger partial charge is 0.392 e. The van der Waals surface area contributed by atoms with Gasteiger partial charge in [0.25, 0.3) is 0 Å². The van der Waals surface area contributed by atoms with Crippen molar-refractivity contribution < 1.29 is 5.11 Å². The highest BCUT2D eigenvalue weighted by molar-refractivity contribution is 5.42. The van der Waals surface area contributed by atoms with Crippen LogP contribution in [0.5, 0.6) is 0 Å². The lowest BCUT2D eigenvalue weighted by Crippen LogP contribution is -2.48. The molecule has 18 heavy (non-hydrogen) atoms. The fourth-order valence-corrected chi connectivity index (χ4v) is 2.17. The Morgan fingerprint density at radius 1 is 1.39 bits per heavy atom. The Morgan fingerprint density at radius 2 is 2.11 bits per heavy atom. The van der Waals surface area contributed by atoms with Crippen molar-refractivity contribution in [1.29, 1.82) is 5.26 Å². The minimum Gasteiger partial charge on any atom is -0.392 e. The number of aliphatic hydroxyl groups excluding tert-OH is 1. The molecule has 1 N–H and O–H groups in total. The lowest BCUT2D eigenvalue weighted by Gasteiger charge is -2.35. The molecule has 0 unspecified atom stereocenters. The summed E-state index contributed by atoms with van der Waals surface area (Å²) in [6, 6.07) is 5.76. The van der Waals surface area contributed by atoms with E-state index in [0.717, 1.165) is 38.5 Å². The number of pyridine rings is 1. The topological polar surface area (TPSA) is 63.4 Å². The van der Waals surface area contributed by atoms with Gasteiger partial charge in [0.2, 0.25) is 0 Å². The van der Waals surface area contributed by atoms with Gasteiger partial charge in [0.15, 0.2) is 0 Å². The van der Waals surface area contributed by atoms with Crippen molar-refractivity contribution in [3.63, 3.8) is 0 Å². The molecule has 1 aromatic heterocycles. The highest BCUT2D eigenvalue weighted by Gasteiger charge is 2.18. The van der Waals surface area contributed by atoms with E-state index >= 15 is 0 Å². The van der Waals surface area contributed by atoms with Crippen LogP contribution in [0.1, 0.15) is 12.5 Å². The van der Waals surface area contributed by atoms with E-state index in [0.29, 0.717) is 5.56 Å². The quantitative estimate of drug-likeness (QED) is 0.839. The third kappa shape index (κ3) is 3.19. The first-order valence-corrected chi connectivity index (χ1v) is 6.20. The minimum absolute atomic E-state index is 0.274. The van der Waals surface area contributed by atoms with E-state index in [1.54, 1.807) is 12.3 Å². The van der Waals surface area contributed by atoms with Gasteiger partial charge in [-0.25, -0.2) is 4.98 Å². The number of hydrogen-bond donors (Lipinski definition) is 1. The molecule has 1 aliphatic rings. The summed E-state index contributed by atoms with van der Waals surface area (Å²) < 4.78 is 0. The Labute approximate surface area is 107 Å². The SMILES string of the molecule is C[C@H](O)CN1CCN(c2ccc(C#N)cn2)CC1. The Hall–Kier alpha value is -1.64. The van der Waals surface area contributed by atoms with E-state index in [2.05, 4.69) is 20.9 Å². The van der Waals surface area contributed by atoms with Gasteiger partial charge in [0.05, 0.1) is 11.7 Å². The van der Waals surface area contributed by atoms with E-state index in [9.17, 15) is 5.11 Å². The first-order chi connectivity index (χ1) is 8.69. The maximum absolute atomic E-state index is 9.35. The molecule has 0 spiro atoms. The molecule has 0 amide bonds. The number of rotatable bonds is 3. The number of nitriles is 1. The first kappa shape index (κ1) is 12.8. The molecule has 0 saturated carbocycles. The zero-order chi connectivity index (χ0) is 13.0. The molecule has 1 aliphatic heterocycles. The van der Waals surface area contributed by atoms with Gasteiger partial charge >= 0.3 is 0 Å². The van der Waals surface area contributed by atoms with Crippen molar-refractivity contribution in [2.24, 2.45) is 0 Å². The molecule has 2 rings (SSSR count). The summed E-state index contributed by atoms with van der Waals surface area (Å²) in [5, 5.41) is 18.1. The number of nitrogens with zero attached hydrogens (tertiary/aromatic N) is 4. The molecular formula is C13H18N4O. The summed E-state index contributed by atoms with van der Waals surface area (Å²) in [4.78, 5) is 8.76. The molecule has 1 atom stereocenters. The maximum atomic E-state index is 9.35. The van der Waals surface area contributed by atoms with Crippen LogP contribution in [-0.4, -0.2) is 53.8 Å². The van der Waals surface area contributed by atoms with Crippen LogP contribution >= 0.6 is 0 Å². The van der Waals surface area contributed by atoms with Crippen molar-refractivity contribution in [1.82, 2.24) is 9.88 Å². The fraction of sp³-hybridized carbons (Fsp3) is 0.538. The number of anilines is 1. The van der Waals surface area contributed by atoms with E-state index in [1.807, 2.05) is 13.0 Å². The monoisotopic (exact) mass is 246 g/mol. The van der Waals surface area contributed by atoms with Crippen molar-refractivity contribution in [2.75, 3.05) is 37.6 Å². The molecular weight excluding hydrogens is 228 g/mol. The Bertz CT molecular complexity index is 416. The van der Waals surface area contributed by atoms with Crippen LogP contribution in [0, 0.1) is 11.3 Å². The van der Waals surface area contributed by atoms with Crippen molar-refractivity contribution in [3.8, 4) is 6.07 Å². The number of aromatic nitrogens is 1. The van der Waals surface area contributed by atoms with Crippen molar-refractivity contribution in [3.05, 3.63) is 23.9 Å². The Balaban J connectivity index is 1.91. The maximum Gasteiger partial charge on any atom is 0.128 e. The smallest absolute Gasteiger partial charge is 0.128 e. The molecule has 0 bridgehead atoms. The van der Waals surface area contributed by atoms with Crippen molar-refractivity contribution >= 4 is 5.82 Å². The minimum atomic E-state index is -0.274. The predicted molar refractivity (Wildman–Crippen MR) is 69.3 cm³/mol. The number of β-amino-alcohol motifs (C(OH)–C–C–N with tert-alkyl or cyclic N) is 1. The van der Waals surface area contributed by atoms with E-state index < -0.39 is 0 Å². The summed E-state index contributed by atoms with van der Waals surface area (Å²) in [6.45, 7) is 6.24. The van der Waals surface area contributed by atoms with Gasteiger partial charge in [-0.3, -0.25) is 4.90 Å². The van der Waals surface area contributed by atoms with Crippen LogP contribution in [0.25, 0.3) is 0 Å². The number of hydrogen-bond acceptors (Lipinski definition) is 5. The van der Waals surface area contributed by atoms with Gasteiger partial charge < -0.3 is 10.0 Å². The van der Waals surface area contributed by atoms with E-state index in [4.69, 9.17) is 5.26 Å². The zero-order valence-electron chi connectivity index (χ0n) is 10.6. The van der Waals surface area contributed by atoms with Gasteiger partial charge in [0, 0.05) is 38.9 Å². The Morgan fingerprint density at radius 3 is 2.61 bits per heavy atom. The molecule has 1 aromatic rings. The van der Waals surface area contributed by atoms with E-state index in [1.165, 1.54) is 0 Å². The van der Waals surface area contributed by atoms with Gasteiger partial charge in [0.1, 0.15) is 11.9 Å². The zero-order valence-corrected chi connectivity index (χ0v) is 10.6. The van der Waals surface area contributed by atoms with Crippen LogP contribution < -0.4 is 4.90 Å². The first-order valence-electron chi connectivity index (χ1n) is 6.20. The van der Waals surface area contributed by atoms with Crippen LogP contribution in [0.3, 0.4) is 0 Å². The predicted octanol–water partition coefficient (Wildman–Crippen LogP) is 0.456. The lowest BCUT2D eigenvalue weighted by atomic mass is 10.2. The molecule has 5 heteroatoms. The van der Waals surface area contributed by atoms with Crippen LogP contribution in [0.4, 0.5) is 5.82 Å². The average Bonchev–Trinajstić information content (AvgIpc) is 2.39. The molecule has 1 saturated heterocycles. The Kier molecular flexibility index (Phi) is 4.13. The lowest BCUT2D eigenvalue weighted by molar-refractivity contribution is 0.122. The third-order valence-electron chi connectivity index (χ3n) is 3.10. The fourth-order valence-electron chi connectivity index (χ4n) is 2.17. The summed E-state index contributed by atoms with van der Waals surface area (Å²) in [5.74, 6) is 0.922. The second-order valence-electron chi connectivity index (χ2n) is 4.65. The standard InChI is InChI=1S/C13H18N4O/c1-11(18)10-16-4-6-17(7-5-16)13-3-2-12(8-14)9-15-13/h2-3,9,11,18H,4-7,10H2,1H3/t11-/m0/s1. The number of aliphatic hydroxyl groups is 1. The van der Waals surface area contributed by atoms with Crippen molar-refractivity contribution in [2.45, 2.75) is 13.0 Å². The highest BCUT2D eigenvalue weighted by atomic mass is 16.3. The summed E-state index contributed by atoms with van der Waals surface area (Å²) >= 11 is 0. The second kappa shape index (κ2) is 5.80. The van der Waals surface area contributed by atoms with Gasteiger partial charge in [-0.05, 0) is 19.1 Å². The van der Waals surface area contributed by atoms with Gasteiger partial charge in [-0.1, -0.05) is 0 Å². The van der Waals surface area contributed by atoms with E-state index in [-0.39, 0.29) is 6.10 Å². The van der Waals surface area contributed by atoms with Crippen LogP contribution in [-0.2, 0) is 0 Å². The van der Waals surface area contributed by atoms with Crippen LogP contribution in [0.15, 0.2) is 18.3 Å². The molecule has 5 nitrogen and oxygen atoms in total. The summed E-state index contributed by atoms with van der Waals surface area (Å²) in [6.07, 6.45) is 1.34. The molecule has 1 fully saturated rings. The molecule has 0 aliphatic carbocycles. The third-order valence-corrected chi connectivity index (χ3v) is 3.10. The summed E-state index contributed by atoms with van der Waals surface area (Å²) in [5.41, 5.74) is 0.589. The molecule has 2 heterocycles. The normalized spacial score (nSPS) is 18.4. The van der Waals surface area contributed by atoms with Gasteiger partial charge in [-0.2, -0.15) is 5.26 Å². The summed E-state index contributed by atoms with van der Waals surface area (Å²) in [7, 11) is 0. The highest BCUT2D eigenvalue weighted by Crippen LogP contribution is 2.13. The molecule has 0 radical (unpaired) electrons.